The van der Waals surface area contributed by atoms with Crippen LogP contribution in [0.15, 0.2) is 41.4 Å². The van der Waals surface area contributed by atoms with E-state index in [0.29, 0.717) is 36.7 Å². The molecule has 2 amide bonds. The van der Waals surface area contributed by atoms with Gasteiger partial charge in [0.15, 0.2) is 9.84 Å². The Morgan fingerprint density at radius 3 is 2.54 bits per heavy atom. The maximum Gasteiger partial charge on any atom is 0.322 e. The molecule has 1 saturated heterocycles. The molecule has 0 unspecified atom stereocenters. The van der Waals surface area contributed by atoms with Gasteiger partial charge < -0.3 is 9.64 Å². The highest BCUT2D eigenvalue weighted by atomic mass is 32.2. The first kappa shape index (κ1) is 20.6. The van der Waals surface area contributed by atoms with Crippen LogP contribution in [0.5, 0.6) is 5.75 Å². The maximum atomic E-state index is 13.4. The lowest BCUT2D eigenvalue weighted by molar-refractivity contribution is 0.171. The lowest BCUT2D eigenvalue weighted by Gasteiger charge is -2.40. The fraction of sp³-hybridized carbons (Fsp3) is 0.474. The Bertz CT molecular complexity index is 918. The monoisotopic (exact) mass is 423 g/mol. The number of urea groups is 1. The van der Waals surface area contributed by atoms with Crippen LogP contribution >= 0.6 is 11.5 Å². The molecule has 0 bridgehead atoms. The molecule has 152 valence electrons. The van der Waals surface area contributed by atoms with Crippen molar-refractivity contribution in [3.8, 4) is 5.75 Å². The standard InChI is InChI=1S/C19H25N3O4S2/c1-19(2,28(24,25)16-7-5-4-6-15(16)26-3)14-9-12-22(13-10-14)18(23)21-17-8-11-20-27-17/h4-8,11,14H,9-10,12-13H2,1-3H3,(H,21,23). The highest BCUT2D eigenvalue weighted by molar-refractivity contribution is 7.93. The third-order valence-electron chi connectivity index (χ3n) is 5.48. The van der Waals surface area contributed by atoms with Gasteiger partial charge in [-0.05, 0) is 62.3 Å². The molecule has 0 aliphatic carbocycles. The quantitative estimate of drug-likeness (QED) is 0.793. The number of carbonyl (C=O) groups is 1. The van der Waals surface area contributed by atoms with E-state index in [1.165, 1.54) is 18.6 Å². The first-order valence-corrected chi connectivity index (χ1v) is 11.4. The summed E-state index contributed by atoms with van der Waals surface area (Å²) in [4.78, 5) is 14.3. The summed E-state index contributed by atoms with van der Waals surface area (Å²) in [6.07, 6.45) is 2.88. The van der Waals surface area contributed by atoms with E-state index in [0.717, 1.165) is 0 Å². The zero-order valence-electron chi connectivity index (χ0n) is 16.2. The smallest absolute Gasteiger partial charge is 0.322 e. The normalized spacial score (nSPS) is 16.0. The summed E-state index contributed by atoms with van der Waals surface area (Å²) in [6.45, 7) is 4.57. The second-order valence-corrected chi connectivity index (χ2v) is 10.7. The van der Waals surface area contributed by atoms with E-state index in [-0.39, 0.29) is 16.8 Å². The van der Waals surface area contributed by atoms with Crippen LogP contribution in [0.4, 0.5) is 9.80 Å². The molecule has 1 fully saturated rings. The number of carbonyl (C=O) groups excluding carboxylic acids is 1. The SMILES string of the molecule is COc1ccccc1S(=O)(=O)C(C)(C)C1CCN(C(=O)Nc2ccns2)CC1. The Morgan fingerprint density at radius 1 is 1.25 bits per heavy atom. The van der Waals surface area contributed by atoms with E-state index in [4.69, 9.17) is 4.74 Å². The second-order valence-electron chi connectivity index (χ2n) is 7.33. The van der Waals surface area contributed by atoms with E-state index < -0.39 is 14.6 Å². The van der Waals surface area contributed by atoms with Crippen molar-refractivity contribution in [1.29, 1.82) is 0 Å². The molecular formula is C19H25N3O4S2. The van der Waals surface area contributed by atoms with Crippen molar-refractivity contribution < 1.29 is 17.9 Å². The average molecular weight is 424 g/mol. The molecule has 7 nitrogen and oxygen atoms in total. The van der Waals surface area contributed by atoms with Crippen molar-refractivity contribution in [2.75, 3.05) is 25.5 Å². The Balaban J connectivity index is 1.71. The highest BCUT2D eigenvalue weighted by Crippen LogP contribution is 2.40. The van der Waals surface area contributed by atoms with Gasteiger partial charge in [0.05, 0.1) is 11.9 Å². The number of piperidine rings is 1. The van der Waals surface area contributed by atoms with Crippen LogP contribution in [0.25, 0.3) is 0 Å². The fourth-order valence-corrected chi connectivity index (χ4v) is 5.99. The van der Waals surface area contributed by atoms with Gasteiger partial charge in [0.25, 0.3) is 0 Å². The third-order valence-corrected chi connectivity index (χ3v) is 8.78. The van der Waals surface area contributed by atoms with Crippen molar-refractivity contribution in [2.24, 2.45) is 5.92 Å². The summed E-state index contributed by atoms with van der Waals surface area (Å²) in [5, 5.41) is 3.52. The first-order valence-electron chi connectivity index (χ1n) is 9.11. The molecule has 2 heterocycles. The van der Waals surface area contributed by atoms with Crippen LogP contribution in [-0.2, 0) is 9.84 Å². The van der Waals surface area contributed by atoms with Gasteiger partial charge in [0.1, 0.15) is 15.6 Å². The van der Waals surface area contributed by atoms with E-state index in [9.17, 15) is 13.2 Å². The van der Waals surface area contributed by atoms with E-state index in [1.54, 1.807) is 55.3 Å². The molecule has 3 rings (SSSR count). The molecule has 9 heteroatoms. The predicted octanol–water partition coefficient (Wildman–Crippen LogP) is 3.65. The van der Waals surface area contributed by atoms with Crippen molar-refractivity contribution in [2.45, 2.75) is 36.3 Å². The fourth-order valence-electron chi connectivity index (χ4n) is 3.59. The number of benzene rings is 1. The zero-order chi connectivity index (χ0) is 20.4. The summed E-state index contributed by atoms with van der Waals surface area (Å²) in [6, 6.07) is 8.29. The third kappa shape index (κ3) is 3.86. The molecule has 2 aromatic rings. The van der Waals surface area contributed by atoms with Gasteiger partial charge in [-0.2, -0.15) is 4.37 Å². The first-order chi connectivity index (χ1) is 13.3. The molecule has 1 aliphatic rings. The molecule has 1 aromatic heterocycles. The van der Waals surface area contributed by atoms with Crippen LogP contribution in [0.2, 0.25) is 0 Å². The molecular weight excluding hydrogens is 398 g/mol. The van der Waals surface area contributed by atoms with Crippen LogP contribution in [0, 0.1) is 5.92 Å². The molecule has 28 heavy (non-hydrogen) atoms. The molecule has 1 N–H and O–H groups in total. The number of nitrogens with one attached hydrogen (secondary N) is 1. The molecule has 1 aliphatic heterocycles. The molecule has 0 saturated carbocycles. The van der Waals surface area contributed by atoms with Crippen molar-refractivity contribution in [3.05, 3.63) is 36.5 Å². The van der Waals surface area contributed by atoms with Crippen molar-refractivity contribution in [3.63, 3.8) is 0 Å². The Kier molecular flexibility index (Phi) is 5.95. The minimum absolute atomic E-state index is 0.0603. The van der Waals surface area contributed by atoms with Gasteiger partial charge in [-0.25, -0.2) is 13.2 Å². The number of nitrogens with zero attached hydrogens (tertiary/aromatic N) is 2. The number of methoxy groups -OCH3 is 1. The summed E-state index contributed by atoms with van der Waals surface area (Å²) in [5.74, 6) is 0.298. The topological polar surface area (TPSA) is 88.6 Å². The summed E-state index contributed by atoms with van der Waals surface area (Å²) in [7, 11) is -2.14. The van der Waals surface area contributed by atoms with Crippen molar-refractivity contribution >= 4 is 32.4 Å². The molecule has 0 atom stereocenters. The molecule has 1 aromatic carbocycles. The minimum atomic E-state index is -3.61. The summed E-state index contributed by atoms with van der Waals surface area (Å²) in [5.41, 5.74) is 0. The maximum absolute atomic E-state index is 13.4. The lowest BCUT2D eigenvalue weighted by Crippen LogP contribution is -2.48. The summed E-state index contributed by atoms with van der Waals surface area (Å²) >= 11 is 1.22. The number of hydrogen-bond donors (Lipinski definition) is 1. The van der Waals surface area contributed by atoms with Crippen molar-refractivity contribution in [1.82, 2.24) is 9.27 Å². The number of hydrogen-bond acceptors (Lipinski definition) is 6. The van der Waals surface area contributed by atoms with Crippen LogP contribution < -0.4 is 10.1 Å². The van der Waals surface area contributed by atoms with E-state index in [2.05, 4.69) is 9.69 Å². The predicted molar refractivity (Wildman–Crippen MR) is 110 cm³/mol. The van der Waals surface area contributed by atoms with Gasteiger partial charge in [-0.1, -0.05) is 12.1 Å². The average Bonchev–Trinajstić information content (AvgIpc) is 3.20. The second kappa shape index (κ2) is 8.08. The van der Waals surface area contributed by atoms with Crippen LogP contribution in [-0.4, -0.2) is 48.7 Å². The molecule has 0 spiro atoms. The number of sulfone groups is 1. The largest absolute Gasteiger partial charge is 0.495 e. The van der Waals surface area contributed by atoms with Gasteiger partial charge >= 0.3 is 6.03 Å². The number of para-hydroxylation sites is 1. The van der Waals surface area contributed by atoms with Crippen LogP contribution in [0.1, 0.15) is 26.7 Å². The van der Waals surface area contributed by atoms with E-state index in [1.807, 2.05) is 0 Å². The zero-order valence-corrected chi connectivity index (χ0v) is 17.8. The number of ether oxygens (including phenoxy) is 1. The van der Waals surface area contributed by atoms with Gasteiger partial charge in [-0.15, -0.1) is 0 Å². The number of aromatic nitrogens is 1. The number of anilines is 1. The van der Waals surface area contributed by atoms with Gasteiger partial charge in [0.2, 0.25) is 0 Å². The number of likely N-dealkylation sites (tertiary alicyclic amines) is 1. The number of rotatable bonds is 5. The highest BCUT2D eigenvalue weighted by Gasteiger charge is 2.45. The molecule has 0 radical (unpaired) electrons. The van der Waals surface area contributed by atoms with Crippen LogP contribution in [0.3, 0.4) is 0 Å². The van der Waals surface area contributed by atoms with Gasteiger partial charge in [-0.3, -0.25) is 5.32 Å². The lowest BCUT2D eigenvalue weighted by atomic mass is 9.86. The van der Waals surface area contributed by atoms with E-state index >= 15 is 0 Å². The Labute approximate surface area is 169 Å². The minimum Gasteiger partial charge on any atom is -0.495 e. The van der Waals surface area contributed by atoms with Gasteiger partial charge in [0, 0.05) is 19.3 Å². The number of amides is 2. The Hall–Kier alpha value is -2.13. The summed E-state index contributed by atoms with van der Waals surface area (Å²) < 4.78 is 35.0. The Morgan fingerprint density at radius 2 is 1.93 bits per heavy atom.